The first-order valence-corrected chi connectivity index (χ1v) is 4.86. The second-order valence-corrected chi connectivity index (χ2v) is 3.98. The third-order valence-electron chi connectivity index (χ3n) is 2.00. The van der Waals surface area contributed by atoms with E-state index in [9.17, 15) is 4.79 Å². The SMILES string of the molecule is CC1COc2c(C=O)c(Br)nn2C1. The molecule has 0 aliphatic carbocycles. The van der Waals surface area contributed by atoms with Crippen molar-refractivity contribution in [1.82, 2.24) is 9.78 Å². The molecule has 1 aromatic heterocycles. The number of ether oxygens (including phenoxy) is 1. The Morgan fingerprint density at radius 3 is 3.23 bits per heavy atom. The minimum atomic E-state index is 0.443. The lowest BCUT2D eigenvalue weighted by atomic mass is 10.2. The van der Waals surface area contributed by atoms with Crippen LogP contribution in [-0.2, 0) is 6.54 Å². The van der Waals surface area contributed by atoms with E-state index in [2.05, 4.69) is 28.0 Å². The van der Waals surface area contributed by atoms with Gasteiger partial charge in [-0.15, -0.1) is 0 Å². The van der Waals surface area contributed by atoms with E-state index in [4.69, 9.17) is 4.74 Å². The number of rotatable bonds is 1. The van der Waals surface area contributed by atoms with Gasteiger partial charge in [0.25, 0.3) is 0 Å². The number of carbonyl (C=O) groups is 1. The van der Waals surface area contributed by atoms with Crippen molar-refractivity contribution in [3.05, 3.63) is 10.2 Å². The molecule has 0 bridgehead atoms. The Kier molecular flexibility index (Phi) is 2.11. The lowest BCUT2D eigenvalue weighted by Gasteiger charge is -2.20. The quantitative estimate of drug-likeness (QED) is 0.704. The molecular weight excluding hydrogens is 236 g/mol. The highest BCUT2D eigenvalue weighted by atomic mass is 79.9. The molecule has 13 heavy (non-hydrogen) atoms. The topological polar surface area (TPSA) is 44.1 Å². The highest BCUT2D eigenvalue weighted by Gasteiger charge is 2.23. The first kappa shape index (κ1) is 8.74. The Labute approximate surface area is 84.0 Å². The Bertz CT molecular complexity index is 348. The number of carbonyl (C=O) groups excluding carboxylic acids is 1. The van der Waals surface area contributed by atoms with Gasteiger partial charge in [-0.1, -0.05) is 6.92 Å². The maximum absolute atomic E-state index is 10.7. The average Bonchev–Trinajstić information content (AvgIpc) is 2.39. The standard InChI is InChI=1S/C8H9BrN2O2/c1-5-2-11-8(13-4-5)6(3-12)7(9)10-11/h3,5H,2,4H2,1H3. The van der Waals surface area contributed by atoms with Crippen LogP contribution < -0.4 is 4.74 Å². The Morgan fingerprint density at radius 1 is 1.77 bits per heavy atom. The molecule has 1 aromatic rings. The van der Waals surface area contributed by atoms with Crippen LogP contribution in [0.25, 0.3) is 0 Å². The van der Waals surface area contributed by atoms with E-state index in [1.165, 1.54) is 0 Å². The van der Waals surface area contributed by atoms with Crippen molar-refractivity contribution in [2.45, 2.75) is 13.5 Å². The molecule has 0 saturated heterocycles. The summed E-state index contributed by atoms with van der Waals surface area (Å²) >= 11 is 3.21. The van der Waals surface area contributed by atoms with E-state index >= 15 is 0 Å². The van der Waals surface area contributed by atoms with Crippen LogP contribution in [0.4, 0.5) is 0 Å². The predicted octanol–water partition coefficient (Wildman–Crippen LogP) is 1.49. The van der Waals surface area contributed by atoms with Crippen molar-refractivity contribution in [3.8, 4) is 5.88 Å². The zero-order chi connectivity index (χ0) is 9.42. The van der Waals surface area contributed by atoms with Crippen LogP contribution in [0.3, 0.4) is 0 Å². The maximum Gasteiger partial charge on any atom is 0.223 e. The lowest BCUT2D eigenvalue weighted by Crippen LogP contribution is -2.23. The Balaban J connectivity index is 2.46. The molecule has 5 heteroatoms. The first-order valence-electron chi connectivity index (χ1n) is 4.06. The number of hydrogen-bond donors (Lipinski definition) is 0. The van der Waals surface area contributed by atoms with E-state index in [-0.39, 0.29) is 0 Å². The molecule has 70 valence electrons. The fourth-order valence-corrected chi connectivity index (χ4v) is 1.83. The lowest BCUT2D eigenvalue weighted by molar-refractivity contribution is 0.111. The van der Waals surface area contributed by atoms with Gasteiger partial charge < -0.3 is 4.74 Å². The van der Waals surface area contributed by atoms with Gasteiger partial charge in [0.15, 0.2) is 6.29 Å². The van der Waals surface area contributed by atoms with E-state index in [0.29, 0.717) is 28.6 Å². The summed E-state index contributed by atoms with van der Waals surface area (Å²) in [6, 6.07) is 0. The van der Waals surface area contributed by atoms with Crippen LogP contribution in [0.2, 0.25) is 0 Å². The summed E-state index contributed by atoms with van der Waals surface area (Å²) in [6.45, 7) is 3.54. The van der Waals surface area contributed by atoms with Gasteiger partial charge in [0.1, 0.15) is 10.2 Å². The molecule has 0 saturated carbocycles. The molecule has 0 N–H and O–H groups in total. The number of fused-ring (bicyclic) bond motifs is 1. The highest BCUT2D eigenvalue weighted by molar-refractivity contribution is 9.10. The number of aromatic nitrogens is 2. The summed E-state index contributed by atoms with van der Waals surface area (Å²) < 4.78 is 7.70. The summed E-state index contributed by atoms with van der Waals surface area (Å²) in [7, 11) is 0. The summed E-state index contributed by atoms with van der Waals surface area (Å²) in [5.41, 5.74) is 0.506. The van der Waals surface area contributed by atoms with Gasteiger partial charge in [-0.05, 0) is 15.9 Å². The average molecular weight is 245 g/mol. The molecule has 2 rings (SSSR count). The summed E-state index contributed by atoms with van der Waals surface area (Å²) in [5, 5.41) is 4.15. The minimum Gasteiger partial charge on any atom is -0.477 e. The zero-order valence-electron chi connectivity index (χ0n) is 7.16. The number of nitrogens with zero attached hydrogens (tertiary/aromatic N) is 2. The third-order valence-corrected chi connectivity index (χ3v) is 2.59. The van der Waals surface area contributed by atoms with Crippen LogP contribution in [0.1, 0.15) is 17.3 Å². The third kappa shape index (κ3) is 1.37. The summed E-state index contributed by atoms with van der Waals surface area (Å²) in [4.78, 5) is 10.7. The second kappa shape index (κ2) is 3.14. The van der Waals surface area contributed by atoms with E-state index < -0.39 is 0 Å². The van der Waals surface area contributed by atoms with Gasteiger partial charge in [-0.2, -0.15) is 5.10 Å². The molecule has 1 aliphatic heterocycles. The van der Waals surface area contributed by atoms with Gasteiger partial charge in [-0.25, -0.2) is 4.68 Å². The first-order chi connectivity index (χ1) is 6.22. The van der Waals surface area contributed by atoms with Crippen molar-refractivity contribution < 1.29 is 9.53 Å². The van der Waals surface area contributed by atoms with E-state index in [1.54, 1.807) is 4.68 Å². The van der Waals surface area contributed by atoms with Crippen molar-refractivity contribution in [2.75, 3.05) is 6.61 Å². The fourth-order valence-electron chi connectivity index (χ4n) is 1.38. The molecule has 0 fully saturated rings. The normalized spacial score (nSPS) is 20.6. The molecule has 1 aliphatic rings. The summed E-state index contributed by atoms with van der Waals surface area (Å²) in [6.07, 6.45) is 0.763. The minimum absolute atomic E-state index is 0.443. The molecule has 2 heterocycles. The van der Waals surface area contributed by atoms with Crippen molar-refractivity contribution in [3.63, 3.8) is 0 Å². The molecule has 0 radical (unpaired) electrons. The maximum atomic E-state index is 10.7. The van der Waals surface area contributed by atoms with Crippen LogP contribution in [-0.4, -0.2) is 22.7 Å². The number of hydrogen-bond acceptors (Lipinski definition) is 3. The highest BCUT2D eigenvalue weighted by Crippen LogP contribution is 2.28. The van der Waals surface area contributed by atoms with Gasteiger partial charge in [0, 0.05) is 5.92 Å². The van der Waals surface area contributed by atoms with Crippen molar-refractivity contribution in [2.24, 2.45) is 5.92 Å². The van der Waals surface area contributed by atoms with Gasteiger partial charge >= 0.3 is 0 Å². The molecular formula is C8H9BrN2O2. The second-order valence-electron chi connectivity index (χ2n) is 3.23. The fraction of sp³-hybridized carbons (Fsp3) is 0.500. The zero-order valence-corrected chi connectivity index (χ0v) is 8.74. The largest absolute Gasteiger partial charge is 0.477 e. The smallest absolute Gasteiger partial charge is 0.223 e. The van der Waals surface area contributed by atoms with E-state index in [0.717, 1.165) is 12.8 Å². The van der Waals surface area contributed by atoms with Gasteiger partial charge in [0.2, 0.25) is 5.88 Å². The number of halogens is 1. The van der Waals surface area contributed by atoms with Crippen molar-refractivity contribution >= 4 is 22.2 Å². The van der Waals surface area contributed by atoms with Crippen LogP contribution in [0.5, 0.6) is 5.88 Å². The molecule has 0 spiro atoms. The monoisotopic (exact) mass is 244 g/mol. The molecule has 4 nitrogen and oxygen atoms in total. The van der Waals surface area contributed by atoms with Gasteiger partial charge in [-0.3, -0.25) is 4.79 Å². The Morgan fingerprint density at radius 2 is 2.54 bits per heavy atom. The van der Waals surface area contributed by atoms with E-state index in [1.807, 2.05) is 0 Å². The molecule has 0 amide bonds. The number of aldehydes is 1. The van der Waals surface area contributed by atoms with Crippen molar-refractivity contribution in [1.29, 1.82) is 0 Å². The van der Waals surface area contributed by atoms with Gasteiger partial charge in [0.05, 0.1) is 13.2 Å². The Hall–Kier alpha value is -0.840. The van der Waals surface area contributed by atoms with Crippen LogP contribution in [0, 0.1) is 5.92 Å². The van der Waals surface area contributed by atoms with Crippen LogP contribution in [0.15, 0.2) is 4.60 Å². The molecule has 0 aromatic carbocycles. The predicted molar refractivity (Wildman–Crippen MR) is 50.0 cm³/mol. The molecule has 1 atom stereocenters. The summed E-state index contributed by atoms with van der Waals surface area (Å²) in [5.74, 6) is 1.03. The van der Waals surface area contributed by atoms with Crippen LogP contribution >= 0.6 is 15.9 Å². The molecule has 1 unspecified atom stereocenters.